The zero-order chi connectivity index (χ0) is 9.80. The summed E-state index contributed by atoms with van der Waals surface area (Å²) in [6, 6.07) is 6.62. The molecule has 0 saturated heterocycles. The highest BCUT2D eigenvalue weighted by Crippen LogP contribution is 2.14. The summed E-state index contributed by atoms with van der Waals surface area (Å²) in [6.45, 7) is 0.568. The number of anilines is 1. The van der Waals surface area contributed by atoms with E-state index in [4.69, 9.17) is 0 Å². The Labute approximate surface area is 85.4 Å². The van der Waals surface area contributed by atoms with E-state index in [1.54, 1.807) is 35.7 Å². The van der Waals surface area contributed by atoms with Gasteiger partial charge in [0.2, 0.25) is 0 Å². The van der Waals surface area contributed by atoms with E-state index in [1.807, 2.05) is 5.38 Å². The Morgan fingerprint density at radius 1 is 1.36 bits per heavy atom. The van der Waals surface area contributed by atoms with Crippen molar-refractivity contribution in [3.05, 3.63) is 46.7 Å². The van der Waals surface area contributed by atoms with E-state index in [9.17, 15) is 4.39 Å². The summed E-state index contributed by atoms with van der Waals surface area (Å²) >= 11 is 1.55. The third-order valence-electron chi connectivity index (χ3n) is 1.79. The van der Waals surface area contributed by atoms with Crippen LogP contribution in [-0.2, 0) is 6.54 Å². The van der Waals surface area contributed by atoms with Crippen LogP contribution in [0.5, 0.6) is 0 Å². The summed E-state index contributed by atoms with van der Waals surface area (Å²) in [7, 11) is 0. The van der Waals surface area contributed by atoms with Crippen molar-refractivity contribution >= 4 is 17.0 Å². The molecule has 2 rings (SSSR count). The molecule has 0 unspecified atom stereocenters. The molecule has 0 aliphatic rings. The van der Waals surface area contributed by atoms with Crippen LogP contribution in [0.25, 0.3) is 0 Å². The molecule has 0 aliphatic carbocycles. The Morgan fingerprint density at radius 3 is 2.93 bits per heavy atom. The standard InChI is InChI=1S/C10H9FN2S/c11-8-3-1-2-4-9(8)13-7-10-12-5-6-14-10/h1-6,13H,7H2. The number of aromatic nitrogens is 1. The Morgan fingerprint density at radius 2 is 2.21 bits per heavy atom. The molecule has 1 N–H and O–H groups in total. The van der Waals surface area contributed by atoms with Crippen LogP contribution in [0.2, 0.25) is 0 Å². The number of benzene rings is 1. The molecule has 14 heavy (non-hydrogen) atoms. The molecular formula is C10H9FN2S. The van der Waals surface area contributed by atoms with E-state index in [2.05, 4.69) is 10.3 Å². The lowest BCUT2D eigenvalue weighted by Gasteiger charge is -2.04. The van der Waals surface area contributed by atoms with Gasteiger partial charge in [0.25, 0.3) is 0 Å². The Bertz CT molecular complexity index is 400. The van der Waals surface area contributed by atoms with Crippen molar-refractivity contribution < 1.29 is 4.39 Å². The van der Waals surface area contributed by atoms with Crippen LogP contribution < -0.4 is 5.32 Å². The average Bonchev–Trinajstić information content (AvgIpc) is 2.69. The minimum absolute atomic E-state index is 0.232. The lowest BCUT2D eigenvalue weighted by Crippen LogP contribution is -2.00. The first-order valence-electron chi connectivity index (χ1n) is 4.23. The van der Waals surface area contributed by atoms with E-state index in [0.29, 0.717) is 12.2 Å². The number of hydrogen-bond donors (Lipinski definition) is 1. The second-order valence-corrected chi connectivity index (χ2v) is 3.74. The van der Waals surface area contributed by atoms with Crippen LogP contribution in [0.4, 0.5) is 10.1 Å². The van der Waals surface area contributed by atoms with Crippen molar-refractivity contribution in [2.45, 2.75) is 6.54 Å². The predicted octanol–water partition coefficient (Wildman–Crippen LogP) is 2.89. The molecule has 2 aromatic rings. The quantitative estimate of drug-likeness (QED) is 0.838. The minimum atomic E-state index is -0.232. The van der Waals surface area contributed by atoms with E-state index in [0.717, 1.165) is 5.01 Å². The summed E-state index contributed by atoms with van der Waals surface area (Å²) in [5.74, 6) is -0.232. The molecule has 2 nitrogen and oxygen atoms in total. The van der Waals surface area contributed by atoms with Crippen molar-refractivity contribution in [1.82, 2.24) is 4.98 Å². The zero-order valence-corrected chi connectivity index (χ0v) is 8.22. The molecule has 0 atom stereocenters. The zero-order valence-electron chi connectivity index (χ0n) is 7.40. The molecule has 0 fully saturated rings. The Kier molecular flexibility index (Phi) is 2.74. The molecule has 0 aliphatic heterocycles. The van der Waals surface area contributed by atoms with Crippen molar-refractivity contribution in [1.29, 1.82) is 0 Å². The fourth-order valence-corrected chi connectivity index (χ4v) is 1.67. The van der Waals surface area contributed by atoms with Crippen LogP contribution in [-0.4, -0.2) is 4.98 Å². The van der Waals surface area contributed by atoms with E-state index in [-0.39, 0.29) is 5.82 Å². The number of thiazole rings is 1. The third-order valence-corrected chi connectivity index (χ3v) is 2.57. The van der Waals surface area contributed by atoms with Crippen molar-refractivity contribution in [3.8, 4) is 0 Å². The number of hydrogen-bond acceptors (Lipinski definition) is 3. The van der Waals surface area contributed by atoms with Crippen molar-refractivity contribution in [2.24, 2.45) is 0 Å². The summed E-state index contributed by atoms with van der Waals surface area (Å²) in [6.07, 6.45) is 1.74. The second-order valence-electron chi connectivity index (χ2n) is 2.76. The smallest absolute Gasteiger partial charge is 0.146 e. The molecule has 0 amide bonds. The summed E-state index contributed by atoms with van der Waals surface area (Å²) in [4.78, 5) is 4.09. The van der Waals surface area contributed by atoms with Crippen LogP contribution in [0.3, 0.4) is 0 Å². The van der Waals surface area contributed by atoms with E-state index in [1.165, 1.54) is 6.07 Å². The molecule has 1 aromatic heterocycles. The van der Waals surface area contributed by atoms with Gasteiger partial charge in [-0.3, -0.25) is 0 Å². The molecule has 0 saturated carbocycles. The van der Waals surface area contributed by atoms with Gasteiger partial charge < -0.3 is 5.32 Å². The third kappa shape index (κ3) is 2.09. The largest absolute Gasteiger partial charge is 0.376 e. The van der Waals surface area contributed by atoms with Gasteiger partial charge in [-0.15, -0.1) is 11.3 Å². The highest BCUT2D eigenvalue weighted by Gasteiger charge is 2.00. The summed E-state index contributed by atoms with van der Waals surface area (Å²) in [5.41, 5.74) is 0.516. The molecule has 0 radical (unpaired) electrons. The average molecular weight is 208 g/mol. The molecule has 1 aromatic carbocycles. The molecule has 0 bridgehead atoms. The summed E-state index contributed by atoms with van der Waals surface area (Å²) < 4.78 is 13.1. The minimum Gasteiger partial charge on any atom is -0.376 e. The fourth-order valence-electron chi connectivity index (χ4n) is 1.12. The highest BCUT2D eigenvalue weighted by atomic mass is 32.1. The first-order chi connectivity index (χ1) is 6.86. The fraction of sp³-hybridized carbons (Fsp3) is 0.100. The number of rotatable bonds is 3. The molecule has 4 heteroatoms. The van der Waals surface area contributed by atoms with Crippen LogP contribution in [0, 0.1) is 5.82 Å². The maximum absolute atomic E-state index is 13.1. The number of para-hydroxylation sites is 1. The SMILES string of the molecule is Fc1ccccc1NCc1nccs1. The summed E-state index contributed by atoms with van der Waals surface area (Å²) in [5, 5.41) is 5.84. The van der Waals surface area contributed by atoms with Gasteiger partial charge in [0, 0.05) is 11.6 Å². The van der Waals surface area contributed by atoms with Crippen LogP contribution >= 0.6 is 11.3 Å². The van der Waals surface area contributed by atoms with Gasteiger partial charge >= 0.3 is 0 Å². The van der Waals surface area contributed by atoms with Crippen LogP contribution in [0.15, 0.2) is 35.8 Å². The first-order valence-corrected chi connectivity index (χ1v) is 5.11. The van der Waals surface area contributed by atoms with Gasteiger partial charge in [-0.1, -0.05) is 12.1 Å². The number of nitrogens with one attached hydrogen (secondary N) is 1. The van der Waals surface area contributed by atoms with Gasteiger partial charge in [-0.05, 0) is 12.1 Å². The van der Waals surface area contributed by atoms with Gasteiger partial charge in [-0.25, -0.2) is 9.37 Å². The van der Waals surface area contributed by atoms with Crippen molar-refractivity contribution in [2.75, 3.05) is 5.32 Å². The van der Waals surface area contributed by atoms with Gasteiger partial charge in [0.15, 0.2) is 0 Å². The molecule has 0 spiro atoms. The maximum Gasteiger partial charge on any atom is 0.146 e. The van der Waals surface area contributed by atoms with Gasteiger partial charge in [0.05, 0.1) is 12.2 Å². The normalized spacial score (nSPS) is 10.1. The van der Waals surface area contributed by atoms with Gasteiger partial charge in [0.1, 0.15) is 10.8 Å². The topological polar surface area (TPSA) is 24.9 Å². The van der Waals surface area contributed by atoms with Crippen LogP contribution in [0.1, 0.15) is 5.01 Å². The Hall–Kier alpha value is -1.42. The number of nitrogens with zero attached hydrogens (tertiary/aromatic N) is 1. The molecule has 1 heterocycles. The molecule has 72 valence electrons. The maximum atomic E-state index is 13.1. The highest BCUT2D eigenvalue weighted by molar-refractivity contribution is 7.09. The van der Waals surface area contributed by atoms with E-state index < -0.39 is 0 Å². The second kappa shape index (κ2) is 4.19. The molecular weight excluding hydrogens is 199 g/mol. The number of halogens is 1. The predicted molar refractivity (Wildman–Crippen MR) is 55.8 cm³/mol. The monoisotopic (exact) mass is 208 g/mol. The lowest BCUT2D eigenvalue weighted by molar-refractivity contribution is 0.630. The van der Waals surface area contributed by atoms with Crippen molar-refractivity contribution in [3.63, 3.8) is 0 Å². The van der Waals surface area contributed by atoms with Gasteiger partial charge in [-0.2, -0.15) is 0 Å². The first kappa shape index (κ1) is 9.15. The Balaban J connectivity index is 2.02. The lowest BCUT2D eigenvalue weighted by atomic mass is 10.3. The van der Waals surface area contributed by atoms with E-state index >= 15 is 0 Å².